The van der Waals surface area contributed by atoms with E-state index in [0.717, 1.165) is 23.0 Å². The normalized spacial score (nSPS) is 11.8. The van der Waals surface area contributed by atoms with Gasteiger partial charge in [-0.2, -0.15) is 0 Å². The van der Waals surface area contributed by atoms with Crippen molar-refractivity contribution in [1.29, 1.82) is 0 Å². The van der Waals surface area contributed by atoms with Crippen LogP contribution in [0.2, 0.25) is 0 Å². The van der Waals surface area contributed by atoms with Gasteiger partial charge in [-0.3, -0.25) is 0 Å². The van der Waals surface area contributed by atoms with Crippen molar-refractivity contribution in [3.05, 3.63) is 47.2 Å². The van der Waals surface area contributed by atoms with Crippen LogP contribution >= 0.6 is 15.9 Å². The highest BCUT2D eigenvalue weighted by Gasteiger charge is 2.14. The molecule has 0 bridgehead atoms. The molecule has 110 valence electrons. The summed E-state index contributed by atoms with van der Waals surface area (Å²) in [6, 6.07) is 7.32. The molecule has 1 aromatic carbocycles. The molecule has 1 unspecified atom stereocenters. The van der Waals surface area contributed by atoms with Gasteiger partial charge < -0.3 is 14.3 Å². The minimum absolute atomic E-state index is 0.300. The predicted molar refractivity (Wildman–Crippen MR) is 84.5 cm³/mol. The van der Waals surface area contributed by atoms with Crippen molar-refractivity contribution in [3.8, 4) is 17.4 Å². The number of alkyl halides is 1. The fourth-order valence-electron chi connectivity index (χ4n) is 2.17. The third kappa shape index (κ3) is 3.61. The second-order valence-corrected chi connectivity index (χ2v) is 5.63. The average Bonchev–Trinajstić information content (AvgIpc) is 2.47. The van der Waals surface area contributed by atoms with E-state index in [-0.39, 0.29) is 4.83 Å². The van der Waals surface area contributed by atoms with Crippen LogP contribution in [0.1, 0.15) is 21.5 Å². The SMILES string of the molecule is COc1ccc(Oc2cc(C)c(C(Br)C=O)c(C)c2)nc1. The number of hydrogen-bond acceptors (Lipinski definition) is 4. The molecular weight excluding hydrogens is 334 g/mol. The Bertz CT molecular complexity index is 617. The molecule has 1 aromatic heterocycles. The van der Waals surface area contributed by atoms with E-state index in [1.807, 2.05) is 26.0 Å². The molecule has 0 amide bonds. The predicted octanol–water partition coefficient (Wildman–Crippen LogP) is 4.13. The van der Waals surface area contributed by atoms with Gasteiger partial charge in [0.15, 0.2) is 0 Å². The Morgan fingerprint density at radius 3 is 2.33 bits per heavy atom. The Hall–Kier alpha value is -1.88. The highest BCUT2D eigenvalue weighted by Crippen LogP contribution is 2.32. The first kappa shape index (κ1) is 15.5. The molecule has 0 saturated heterocycles. The van der Waals surface area contributed by atoms with Gasteiger partial charge in [0.05, 0.1) is 18.1 Å². The molecule has 4 nitrogen and oxygen atoms in total. The number of aryl methyl sites for hydroxylation is 2. The molecule has 0 saturated carbocycles. The van der Waals surface area contributed by atoms with Crippen LogP contribution in [0.25, 0.3) is 0 Å². The number of halogens is 1. The molecule has 0 aliphatic rings. The van der Waals surface area contributed by atoms with Gasteiger partial charge in [-0.1, -0.05) is 15.9 Å². The van der Waals surface area contributed by atoms with E-state index < -0.39 is 0 Å². The second-order valence-electron chi connectivity index (χ2n) is 4.65. The van der Waals surface area contributed by atoms with Crippen LogP contribution < -0.4 is 9.47 Å². The van der Waals surface area contributed by atoms with Crippen molar-refractivity contribution in [2.45, 2.75) is 18.7 Å². The first-order chi connectivity index (χ1) is 10.0. The summed E-state index contributed by atoms with van der Waals surface area (Å²) in [6.45, 7) is 3.91. The first-order valence-corrected chi connectivity index (χ1v) is 7.35. The summed E-state index contributed by atoms with van der Waals surface area (Å²) < 4.78 is 10.8. The van der Waals surface area contributed by atoms with Crippen LogP contribution in [0.5, 0.6) is 17.4 Å². The summed E-state index contributed by atoms with van der Waals surface area (Å²) in [6.07, 6.45) is 2.48. The molecule has 1 heterocycles. The number of methoxy groups -OCH3 is 1. The van der Waals surface area contributed by atoms with E-state index in [1.165, 1.54) is 0 Å². The summed E-state index contributed by atoms with van der Waals surface area (Å²) >= 11 is 3.36. The zero-order valence-corrected chi connectivity index (χ0v) is 13.7. The Kier molecular flexibility index (Phi) is 4.96. The molecule has 5 heteroatoms. The molecule has 0 spiro atoms. The Balaban J connectivity index is 2.26. The van der Waals surface area contributed by atoms with E-state index in [4.69, 9.17) is 9.47 Å². The second kappa shape index (κ2) is 6.72. The summed E-state index contributed by atoms with van der Waals surface area (Å²) in [4.78, 5) is 14.8. The molecule has 0 radical (unpaired) electrons. The highest BCUT2D eigenvalue weighted by molar-refractivity contribution is 9.09. The fourth-order valence-corrected chi connectivity index (χ4v) is 2.89. The molecule has 0 aliphatic carbocycles. The maximum absolute atomic E-state index is 10.9. The highest BCUT2D eigenvalue weighted by atomic mass is 79.9. The van der Waals surface area contributed by atoms with Crippen molar-refractivity contribution in [2.24, 2.45) is 0 Å². The number of carbonyl (C=O) groups excluding carboxylic acids is 1. The largest absolute Gasteiger partial charge is 0.495 e. The number of ether oxygens (including phenoxy) is 2. The van der Waals surface area contributed by atoms with Gasteiger partial charge in [-0.25, -0.2) is 4.98 Å². The summed E-state index contributed by atoms with van der Waals surface area (Å²) in [7, 11) is 1.59. The molecular formula is C16H16BrNO3. The molecule has 1 atom stereocenters. The smallest absolute Gasteiger partial charge is 0.219 e. The number of pyridine rings is 1. The maximum Gasteiger partial charge on any atom is 0.219 e. The van der Waals surface area contributed by atoms with Crippen molar-refractivity contribution >= 4 is 22.2 Å². The quantitative estimate of drug-likeness (QED) is 0.601. The van der Waals surface area contributed by atoms with E-state index in [1.54, 1.807) is 25.4 Å². The minimum atomic E-state index is -0.300. The Morgan fingerprint density at radius 2 is 1.86 bits per heavy atom. The molecule has 0 N–H and O–H groups in total. The topological polar surface area (TPSA) is 48.4 Å². The van der Waals surface area contributed by atoms with E-state index in [9.17, 15) is 4.79 Å². The lowest BCUT2D eigenvalue weighted by Gasteiger charge is -2.14. The fraction of sp³-hybridized carbons (Fsp3) is 0.250. The van der Waals surface area contributed by atoms with Gasteiger partial charge in [0.25, 0.3) is 0 Å². The van der Waals surface area contributed by atoms with Gasteiger partial charge in [0.1, 0.15) is 17.8 Å². The van der Waals surface area contributed by atoms with Gasteiger partial charge in [-0.05, 0) is 48.7 Å². The zero-order chi connectivity index (χ0) is 15.4. The number of hydrogen-bond donors (Lipinski definition) is 0. The van der Waals surface area contributed by atoms with Crippen LogP contribution in [0.15, 0.2) is 30.5 Å². The third-order valence-electron chi connectivity index (χ3n) is 3.13. The molecule has 0 fully saturated rings. The summed E-state index contributed by atoms with van der Waals surface area (Å²) in [5, 5.41) is 0. The molecule has 2 aromatic rings. The van der Waals surface area contributed by atoms with Crippen molar-refractivity contribution < 1.29 is 14.3 Å². The van der Waals surface area contributed by atoms with Crippen molar-refractivity contribution in [3.63, 3.8) is 0 Å². The lowest BCUT2D eigenvalue weighted by Crippen LogP contribution is -1.99. The van der Waals surface area contributed by atoms with Crippen molar-refractivity contribution in [2.75, 3.05) is 7.11 Å². The van der Waals surface area contributed by atoms with Crippen molar-refractivity contribution in [1.82, 2.24) is 4.98 Å². The summed E-state index contributed by atoms with van der Waals surface area (Å²) in [5.74, 6) is 1.86. The van der Waals surface area contributed by atoms with Gasteiger partial charge >= 0.3 is 0 Å². The van der Waals surface area contributed by atoms with E-state index >= 15 is 0 Å². The minimum Gasteiger partial charge on any atom is -0.495 e. The van der Waals surface area contributed by atoms with Crippen LogP contribution in [0, 0.1) is 13.8 Å². The number of benzene rings is 1. The lowest BCUT2D eigenvalue weighted by molar-refractivity contribution is -0.107. The van der Waals surface area contributed by atoms with Crippen LogP contribution in [-0.4, -0.2) is 18.4 Å². The molecule has 21 heavy (non-hydrogen) atoms. The Labute approximate surface area is 132 Å². The maximum atomic E-state index is 10.9. The van der Waals surface area contributed by atoms with Crippen LogP contribution in [0.3, 0.4) is 0 Å². The number of nitrogens with zero attached hydrogens (tertiary/aromatic N) is 1. The van der Waals surface area contributed by atoms with Crippen LogP contribution in [0.4, 0.5) is 0 Å². The first-order valence-electron chi connectivity index (χ1n) is 6.43. The van der Waals surface area contributed by atoms with Gasteiger partial charge in [0.2, 0.25) is 5.88 Å². The number of aldehydes is 1. The lowest BCUT2D eigenvalue weighted by atomic mass is 10.00. The van der Waals surface area contributed by atoms with E-state index in [2.05, 4.69) is 20.9 Å². The van der Waals surface area contributed by atoms with E-state index in [0.29, 0.717) is 17.4 Å². The zero-order valence-electron chi connectivity index (χ0n) is 12.1. The number of aromatic nitrogens is 1. The standard InChI is InChI=1S/C16H16BrNO3/c1-10-6-13(7-11(2)16(10)14(17)9-19)21-15-5-4-12(20-3)8-18-15/h4-9,14H,1-3H3. The van der Waals surface area contributed by atoms with Gasteiger partial charge in [-0.15, -0.1) is 0 Å². The monoisotopic (exact) mass is 349 g/mol. The Morgan fingerprint density at radius 1 is 1.19 bits per heavy atom. The van der Waals surface area contributed by atoms with Crippen LogP contribution in [-0.2, 0) is 4.79 Å². The summed E-state index contributed by atoms with van der Waals surface area (Å²) in [5.41, 5.74) is 2.96. The molecule has 0 aliphatic heterocycles. The van der Waals surface area contributed by atoms with Gasteiger partial charge in [0, 0.05) is 6.07 Å². The molecule has 2 rings (SSSR count). The average molecular weight is 350 g/mol. The number of rotatable bonds is 5. The third-order valence-corrected chi connectivity index (χ3v) is 3.80. The number of carbonyl (C=O) groups is 1.